The maximum Gasteiger partial charge on any atom is 0.181 e. The highest BCUT2D eigenvalue weighted by Crippen LogP contribution is 2.29. The molecule has 0 radical (unpaired) electrons. The Kier molecular flexibility index (Phi) is 3.32. The van der Waals surface area contributed by atoms with Crippen molar-refractivity contribution in [2.24, 2.45) is 11.8 Å². The highest BCUT2D eigenvalue weighted by Gasteiger charge is 2.41. The van der Waals surface area contributed by atoms with Gasteiger partial charge in [-0.2, -0.15) is 0 Å². The molecule has 5 atom stereocenters. The lowest BCUT2D eigenvalue weighted by molar-refractivity contribution is -0.131. The van der Waals surface area contributed by atoms with Crippen molar-refractivity contribution in [1.82, 2.24) is 0 Å². The first-order valence-electron chi connectivity index (χ1n) is 4.51. The van der Waals surface area contributed by atoms with Gasteiger partial charge in [-0.15, -0.1) is 5.92 Å². The second kappa shape index (κ2) is 4.10. The Bertz CT molecular complexity index is 228. The minimum Gasteiger partial charge on any atom is -0.387 e. The lowest BCUT2D eigenvalue weighted by atomic mass is 9.92. The predicted octanol–water partition coefficient (Wildman–Crippen LogP) is 0.360. The lowest BCUT2D eigenvalue weighted by Gasteiger charge is -2.17. The summed E-state index contributed by atoms with van der Waals surface area (Å²) in [6, 6.07) is 0. The molecule has 3 nitrogen and oxygen atoms in total. The predicted molar refractivity (Wildman–Crippen MR) is 48.7 cm³/mol. The number of hydrogen-bond acceptors (Lipinski definition) is 3. The van der Waals surface area contributed by atoms with Crippen LogP contribution in [0.15, 0.2) is 0 Å². The zero-order valence-electron chi connectivity index (χ0n) is 8.19. The largest absolute Gasteiger partial charge is 0.387 e. The Morgan fingerprint density at radius 2 is 2.00 bits per heavy atom. The Labute approximate surface area is 78.7 Å². The molecule has 0 saturated carbocycles. The van der Waals surface area contributed by atoms with Gasteiger partial charge in [0.2, 0.25) is 0 Å². The van der Waals surface area contributed by atoms with Gasteiger partial charge in [0.15, 0.2) is 6.29 Å². The third-order valence-electron chi connectivity index (χ3n) is 2.51. The minimum absolute atomic E-state index is 0.0480. The van der Waals surface area contributed by atoms with Crippen molar-refractivity contribution in [3.05, 3.63) is 0 Å². The Balaban J connectivity index is 2.66. The van der Waals surface area contributed by atoms with Crippen LogP contribution in [0.5, 0.6) is 0 Å². The molecule has 0 amide bonds. The average Bonchev–Trinajstić information content (AvgIpc) is 2.33. The Morgan fingerprint density at radius 3 is 2.38 bits per heavy atom. The van der Waals surface area contributed by atoms with Crippen molar-refractivity contribution in [2.75, 3.05) is 0 Å². The van der Waals surface area contributed by atoms with Crippen LogP contribution < -0.4 is 0 Å². The molecule has 0 bridgehead atoms. The number of ether oxygens (including phenoxy) is 1. The standard InChI is InChI=1S/C10H16O3/c1-4-5-6(2)9-7(3)8(11)10(12)13-9/h6-12H,1-3H3/t6-,7+,8+,9-,10?/m1/s1. The van der Waals surface area contributed by atoms with E-state index in [2.05, 4.69) is 11.8 Å². The van der Waals surface area contributed by atoms with Crippen LogP contribution in [-0.4, -0.2) is 28.7 Å². The van der Waals surface area contributed by atoms with E-state index in [4.69, 9.17) is 4.74 Å². The van der Waals surface area contributed by atoms with Gasteiger partial charge in [-0.25, -0.2) is 0 Å². The molecular weight excluding hydrogens is 168 g/mol. The fraction of sp³-hybridized carbons (Fsp3) is 0.800. The first-order valence-corrected chi connectivity index (χ1v) is 4.51. The van der Waals surface area contributed by atoms with Gasteiger partial charge in [0.05, 0.1) is 6.10 Å². The van der Waals surface area contributed by atoms with Crippen molar-refractivity contribution in [3.8, 4) is 11.8 Å². The summed E-state index contributed by atoms with van der Waals surface area (Å²) >= 11 is 0. The number of aliphatic hydroxyl groups is 2. The second-order valence-electron chi connectivity index (χ2n) is 3.52. The van der Waals surface area contributed by atoms with Gasteiger partial charge in [-0.05, 0) is 13.8 Å². The number of aliphatic hydroxyl groups excluding tert-OH is 2. The van der Waals surface area contributed by atoms with E-state index < -0.39 is 12.4 Å². The van der Waals surface area contributed by atoms with E-state index in [-0.39, 0.29) is 17.9 Å². The third-order valence-corrected chi connectivity index (χ3v) is 2.51. The maximum atomic E-state index is 9.43. The van der Waals surface area contributed by atoms with Crippen molar-refractivity contribution in [1.29, 1.82) is 0 Å². The van der Waals surface area contributed by atoms with Gasteiger partial charge in [0.1, 0.15) is 6.10 Å². The van der Waals surface area contributed by atoms with Crippen molar-refractivity contribution < 1.29 is 14.9 Å². The molecule has 74 valence electrons. The van der Waals surface area contributed by atoms with E-state index in [1.165, 1.54) is 0 Å². The van der Waals surface area contributed by atoms with Crippen LogP contribution in [0.1, 0.15) is 20.8 Å². The van der Waals surface area contributed by atoms with E-state index in [1.54, 1.807) is 6.92 Å². The molecule has 0 aromatic carbocycles. The SMILES string of the molecule is CC#C[C@@H](C)[C@H]1OC(O)[C@@H](O)[C@@H]1C. The summed E-state index contributed by atoms with van der Waals surface area (Å²) in [6.45, 7) is 5.56. The first-order chi connectivity index (χ1) is 6.07. The summed E-state index contributed by atoms with van der Waals surface area (Å²) in [5.74, 6) is 5.75. The van der Waals surface area contributed by atoms with Crippen LogP contribution in [0.2, 0.25) is 0 Å². The van der Waals surface area contributed by atoms with Gasteiger partial charge in [-0.1, -0.05) is 12.8 Å². The molecule has 13 heavy (non-hydrogen) atoms. The molecule has 2 N–H and O–H groups in total. The molecule has 1 unspecified atom stereocenters. The summed E-state index contributed by atoms with van der Waals surface area (Å²) in [5.41, 5.74) is 0. The van der Waals surface area contributed by atoms with Crippen molar-refractivity contribution in [3.63, 3.8) is 0 Å². The Morgan fingerprint density at radius 1 is 1.38 bits per heavy atom. The molecule has 0 spiro atoms. The maximum absolute atomic E-state index is 9.43. The summed E-state index contributed by atoms with van der Waals surface area (Å²) in [5, 5.41) is 18.7. The van der Waals surface area contributed by atoms with E-state index in [0.29, 0.717) is 0 Å². The first kappa shape index (κ1) is 10.5. The molecule has 1 heterocycles. The zero-order valence-corrected chi connectivity index (χ0v) is 8.19. The second-order valence-corrected chi connectivity index (χ2v) is 3.52. The van der Waals surface area contributed by atoms with Crippen LogP contribution in [0.3, 0.4) is 0 Å². The van der Waals surface area contributed by atoms with Gasteiger partial charge in [0, 0.05) is 11.8 Å². The molecule has 1 rings (SSSR count). The highest BCUT2D eigenvalue weighted by molar-refractivity contribution is 5.05. The zero-order chi connectivity index (χ0) is 10.0. The third kappa shape index (κ3) is 2.02. The molecular formula is C10H16O3. The number of rotatable bonds is 1. The topological polar surface area (TPSA) is 49.7 Å². The molecule has 1 fully saturated rings. The highest BCUT2D eigenvalue weighted by atomic mass is 16.6. The van der Waals surface area contributed by atoms with Crippen LogP contribution in [0, 0.1) is 23.7 Å². The van der Waals surface area contributed by atoms with E-state index in [1.807, 2.05) is 13.8 Å². The van der Waals surface area contributed by atoms with Crippen LogP contribution >= 0.6 is 0 Å². The fourth-order valence-corrected chi connectivity index (χ4v) is 1.70. The van der Waals surface area contributed by atoms with Crippen LogP contribution in [-0.2, 0) is 4.74 Å². The molecule has 3 heteroatoms. The summed E-state index contributed by atoms with van der Waals surface area (Å²) in [6.07, 6.45) is -2.01. The molecule has 1 aliphatic heterocycles. The lowest BCUT2D eigenvalue weighted by Crippen LogP contribution is -2.27. The molecule has 0 aromatic heterocycles. The summed E-state index contributed by atoms with van der Waals surface area (Å²) in [4.78, 5) is 0. The molecule has 0 aliphatic carbocycles. The normalized spacial score (nSPS) is 41.0. The van der Waals surface area contributed by atoms with Gasteiger partial charge in [0.25, 0.3) is 0 Å². The quantitative estimate of drug-likeness (QED) is 0.578. The monoisotopic (exact) mass is 184 g/mol. The fourth-order valence-electron chi connectivity index (χ4n) is 1.70. The van der Waals surface area contributed by atoms with E-state index in [9.17, 15) is 10.2 Å². The van der Waals surface area contributed by atoms with Gasteiger partial charge in [-0.3, -0.25) is 0 Å². The summed E-state index contributed by atoms with van der Waals surface area (Å²) < 4.78 is 5.20. The van der Waals surface area contributed by atoms with Crippen molar-refractivity contribution in [2.45, 2.75) is 39.3 Å². The smallest absolute Gasteiger partial charge is 0.181 e. The Hall–Kier alpha value is -0.560. The molecule has 1 aliphatic rings. The van der Waals surface area contributed by atoms with Crippen LogP contribution in [0.4, 0.5) is 0 Å². The van der Waals surface area contributed by atoms with E-state index in [0.717, 1.165) is 0 Å². The van der Waals surface area contributed by atoms with Gasteiger partial charge < -0.3 is 14.9 Å². The summed E-state index contributed by atoms with van der Waals surface area (Å²) in [7, 11) is 0. The van der Waals surface area contributed by atoms with Gasteiger partial charge >= 0.3 is 0 Å². The number of hydrogen-bond donors (Lipinski definition) is 2. The molecule has 0 aromatic rings. The minimum atomic E-state index is -1.05. The van der Waals surface area contributed by atoms with Crippen LogP contribution in [0.25, 0.3) is 0 Å². The van der Waals surface area contributed by atoms with E-state index >= 15 is 0 Å². The molecule has 1 saturated heterocycles. The van der Waals surface area contributed by atoms with Crippen molar-refractivity contribution >= 4 is 0 Å². The average molecular weight is 184 g/mol.